The molecule has 41 heavy (non-hydrogen) atoms. The molecule has 2 heterocycles. The number of thiophene rings is 1. The van der Waals surface area contributed by atoms with Crippen molar-refractivity contribution in [3.05, 3.63) is 58.3 Å². The molecule has 1 unspecified atom stereocenters. The Kier molecular flexibility index (Phi) is 10.2. The average Bonchev–Trinajstić information content (AvgIpc) is 3.44. The van der Waals surface area contributed by atoms with Crippen molar-refractivity contribution in [2.24, 2.45) is 0 Å². The average molecular weight is 600 g/mol. The third-order valence-electron chi connectivity index (χ3n) is 7.19. The number of sulfonamides is 1. The van der Waals surface area contributed by atoms with Gasteiger partial charge >= 0.3 is 0 Å². The Balaban J connectivity index is 1.49. The first-order valence-corrected chi connectivity index (χ1v) is 16.1. The summed E-state index contributed by atoms with van der Waals surface area (Å²) >= 11 is 1.37. The number of hydrogen-bond donors (Lipinski definition) is 4. The summed E-state index contributed by atoms with van der Waals surface area (Å²) in [5, 5.41) is 41.8. The van der Waals surface area contributed by atoms with Crippen molar-refractivity contribution in [3.8, 4) is 16.5 Å². The standard InChI is InChI=1S/C30H37N3O6S2/c1-4-12-33(13-5-2)23-9-8-20-14-22(7-6-21(20)15-23)27-11-10-24(40-27)16-25(17-31)41(37,38)32-18-26-29(35)30(36)28(34)19(3)39-26/h6-11,14-16,19,26,28-30,32,34-36H,4-5,12-13,18H2,1-3H3/b25-16+/t19?,26-,28+,29-,30-/m1/s1. The van der Waals surface area contributed by atoms with Crippen molar-refractivity contribution in [1.29, 1.82) is 5.26 Å². The third kappa shape index (κ3) is 7.16. The highest BCUT2D eigenvalue weighted by Crippen LogP contribution is 2.33. The van der Waals surface area contributed by atoms with E-state index in [1.807, 2.05) is 12.1 Å². The molecule has 9 nitrogen and oxygen atoms in total. The Hall–Kier alpha value is -2.82. The van der Waals surface area contributed by atoms with Gasteiger partial charge in [0.1, 0.15) is 30.5 Å². The van der Waals surface area contributed by atoms with Crippen molar-refractivity contribution in [3.63, 3.8) is 0 Å². The molecule has 1 aliphatic heterocycles. The quantitative estimate of drug-likeness (QED) is 0.244. The van der Waals surface area contributed by atoms with Gasteiger partial charge in [-0.05, 0) is 72.5 Å². The Morgan fingerprint density at radius 3 is 2.39 bits per heavy atom. The van der Waals surface area contributed by atoms with Gasteiger partial charge in [0.25, 0.3) is 10.0 Å². The molecule has 1 fully saturated rings. The van der Waals surface area contributed by atoms with Crippen LogP contribution in [0.15, 0.2) is 53.4 Å². The van der Waals surface area contributed by atoms with Crippen LogP contribution in [0.3, 0.4) is 0 Å². The lowest BCUT2D eigenvalue weighted by atomic mass is 9.96. The Morgan fingerprint density at radius 1 is 1.02 bits per heavy atom. The molecular formula is C30H37N3O6S2. The number of ether oxygens (including phenoxy) is 1. The number of aliphatic hydroxyl groups is 3. The molecule has 11 heteroatoms. The monoisotopic (exact) mass is 599 g/mol. The van der Waals surface area contributed by atoms with E-state index in [1.165, 1.54) is 30.0 Å². The summed E-state index contributed by atoms with van der Waals surface area (Å²) in [6.45, 7) is 7.53. The fraction of sp³-hybridized carbons (Fsp3) is 0.433. The number of anilines is 1. The minimum atomic E-state index is -4.23. The summed E-state index contributed by atoms with van der Waals surface area (Å²) < 4.78 is 33.5. The molecule has 0 radical (unpaired) electrons. The Labute approximate surface area is 245 Å². The molecule has 1 aliphatic rings. The minimum Gasteiger partial charge on any atom is -0.388 e. The van der Waals surface area contributed by atoms with E-state index in [0.29, 0.717) is 4.88 Å². The molecule has 0 bridgehead atoms. The van der Waals surface area contributed by atoms with Crippen LogP contribution in [-0.4, -0.2) is 73.9 Å². The van der Waals surface area contributed by atoms with Crippen LogP contribution in [0.2, 0.25) is 0 Å². The molecule has 1 aromatic heterocycles. The van der Waals surface area contributed by atoms with E-state index in [-0.39, 0.29) is 6.54 Å². The first-order valence-electron chi connectivity index (χ1n) is 13.8. The summed E-state index contributed by atoms with van der Waals surface area (Å²) in [7, 11) is -4.23. The molecule has 4 N–H and O–H groups in total. The van der Waals surface area contributed by atoms with Crippen LogP contribution < -0.4 is 9.62 Å². The summed E-state index contributed by atoms with van der Waals surface area (Å²) in [5.41, 5.74) is 2.20. The van der Waals surface area contributed by atoms with E-state index in [9.17, 15) is 29.0 Å². The van der Waals surface area contributed by atoms with Crippen LogP contribution >= 0.6 is 11.3 Å². The predicted molar refractivity (Wildman–Crippen MR) is 163 cm³/mol. The summed E-state index contributed by atoms with van der Waals surface area (Å²) in [6.07, 6.45) is -2.66. The number of nitriles is 1. The van der Waals surface area contributed by atoms with Gasteiger partial charge in [0.2, 0.25) is 0 Å². The molecule has 3 aromatic rings. The first-order chi connectivity index (χ1) is 19.6. The molecular weight excluding hydrogens is 562 g/mol. The maximum absolute atomic E-state index is 12.9. The van der Waals surface area contributed by atoms with Gasteiger partial charge < -0.3 is 25.0 Å². The van der Waals surface area contributed by atoms with Crippen LogP contribution in [0.1, 0.15) is 38.5 Å². The van der Waals surface area contributed by atoms with Gasteiger partial charge in [-0.1, -0.05) is 32.0 Å². The summed E-state index contributed by atoms with van der Waals surface area (Å²) in [4.78, 5) is 3.44. The molecule has 0 saturated carbocycles. The number of nitrogens with zero attached hydrogens (tertiary/aromatic N) is 2. The maximum Gasteiger partial charge on any atom is 0.250 e. The van der Waals surface area contributed by atoms with Gasteiger partial charge in [0.15, 0.2) is 4.91 Å². The fourth-order valence-electron chi connectivity index (χ4n) is 4.95. The number of fused-ring (bicyclic) bond motifs is 1. The van der Waals surface area contributed by atoms with E-state index < -0.39 is 45.4 Å². The smallest absolute Gasteiger partial charge is 0.250 e. The van der Waals surface area contributed by atoms with Crippen molar-refractivity contribution in [2.45, 2.75) is 64.1 Å². The van der Waals surface area contributed by atoms with Gasteiger partial charge in [0.05, 0.1) is 6.10 Å². The highest BCUT2D eigenvalue weighted by Gasteiger charge is 2.42. The highest BCUT2D eigenvalue weighted by molar-refractivity contribution is 7.93. The van der Waals surface area contributed by atoms with Crippen LogP contribution in [0.5, 0.6) is 0 Å². The second kappa shape index (κ2) is 13.4. The molecule has 0 spiro atoms. The summed E-state index contributed by atoms with van der Waals surface area (Å²) in [5.74, 6) is 0. The number of rotatable bonds is 11. The van der Waals surface area contributed by atoms with Gasteiger partial charge in [0, 0.05) is 35.1 Å². The van der Waals surface area contributed by atoms with E-state index in [0.717, 1.165) is 47.1 Å². The van der Waals surface area contributed by atoms with Gasteiger partial charge in [-0.25, -0.2) is 13.1 Å². The molecule has 2 aromatic carbocycles. The first kappa shape index (κ1) is 31.1. The minimum absolute atomic E-state index is 0.375. The van der Waals surface area contributed by atoms with Crippen LogP contribution in [-0.2, 0) is 14.8 Å². The van der Waals surface area contributed by atoms with Crippen molar-refractivity contribution >= 4 is 43.9 Å². The van der Waals surface area contributed by atoms with Crippen LogP contribution in [0.25, 0.3) is 27.3 Å². The lowest BCUT2D eigenvalue weighted by molar-refractivity contribution is -0.214. The van der Waals surface area contributed by atoms with Crippen molar-refractivity contribution < 1.29 is 28.5 Å². The van der Waals surface area contributed by atoms with Gasteiger partial charge in [-0.3, -0.25) is 0 Å². The number of nitrogens with one attached hydrogen (secondary N) is 1. The highest BCUT2D eigenvalue weighted by atomic mass is 32.2. The molecule has 0 aliphatic carbocycles. The van der Waals surface area contributed by atoms with Gasteiger partial charge in [-0.15, -0.1) is 11.3 Å². The molecule has 1 saturated heterocycles. The zero-order valence-electron chi connectivity index (χ0n) is 23.4. The van der Waals surface area contributed by atoms with E-state index in [1.54, 1.807) is 12.1 Å². The lowest BCUT2D eigenvalue weighted by Gasteiger charge is -2.39. The number of allylic oxidation sites excluding steroid dienone is 1. The van der Waals surface area contributed by atoms with Crippen molar-refractivity contribution in [1.82, 2.24) is 4.72 Å². The van der Waals surface area contributed by atoms with Crippen LogP contribution in [0, 0.1) is 11.3 Å². The maximum atomic E-state index is 12.9. The molecule has 4 rings (SSSR count). The molecule has 220 valence electrons. The number of aliphatic hydroxyl groups excluding tert-OH is 3. The summed E-state index contributed by atoms with van der Waals surface area (Å²) in [6, 6.07) is 18.1. The van der Waals surface area contributed by atoms with E-state index >= 15 is 0 Å². The number of benzene rings is 2. The van der Waals surface area contributed by atoms with Crippen LogP contribution in [0.4, 0.5) is 5.69 Å². The van der Waals surface area contributed by atoms with E-state index in [4.69, 9.17) is 4.74 Å². The van der Waals surface area contributed by atoms with Crippen molar-refractivity contribution in [2.75, 3.05) is 24.5 Å². The SMILES string of the molecule is CCCN(CCC)c1ccc2cc(-c3ccc(/C=C(\C#N)S(=O)(=O)NC[C@H]4OC(C)[C@H](O)[C@@H](O)[C@@H]4O)s3)ccc2c1. The predicted octanol–water partition coefficient (Wildman–Crippen LogP) is 3.85. The van der Waals surface area contributed by atoms with Gasteiger partial charge in [-0.2, -0.15) is 5.26 Å². The second-order valence-electron chi connectivity index (χ2n) is 10.3. The fourth-order valence-corrected chi connectivity index (χ4v) is 6.92. The molecule has 0 amide bonds. The lowest BCUT2D eigenvalue weighted by Crippen LogP contribution is -2.59. The zero-order valence-corrected chi connectivity index (χ0v) is 25.0. The second-order valence-corrected chi connectivity index (χ2v) is 13.1. The van der Waals surface area contributed by atoms with E-state index in [2.05, 4.69) is 53.8 Å². The molecule has 5 atom stereocenters. The Bertz CT molecular complexity index is 1520. The zero-order chi connectivity index (χ0) is 29.7. The largest absolute Gasteiger partial charge is 0.388 e. The third-order valence-corrected chi connectivity index (χ3v) is 9.60. The topological polar surface area (TPSA) is 143 Å². The Morgan fingerprint density at radius 2 is 1.71 bits per heavy atom. The normalized spacial score (nSPS) is 23.4. The number of hydrogen-bond acceptors (Lipinski definition) is 9.